The zero-order valence-corrected chi connectivity index (χ0v) is 24.4. The van der Waals surface area contributed by atoms with E-state index in [1.165, 1.54) is 42.5 Å². The second kappa shape index (κ2) is 12.7. The Kier molecular flexibility index (Phi) is 8.78. The first-order valence-electron chi connectivity index (χ1n) is 13.4. The van der Waals surface area contributed by atoms with E-state index >= 15 is 0 Å². The lowest BCUT2D eigenvalue weighted by molar-refractivity contribution is -0.385. The van der Waals surface area contributed by atoms with Crippen LogP contribution in [0.2, 0.25) is 5.02 Å². The summed E-state index contributed by atoms with van der Waals surface area (Å²) in [6, 6.07) is 19.4. The molecule has 0 unspecified atom stereocenters. The lowest BCUT2D eigenvalue weighted by atomic mass is 10.0. The number of nitro groups is 1. The number of imide groups is 2. The van der Waals surface area contributed by atoms with Crippen LogP contribution >= 0.6 is 11.6 Å². The van der Waals surface area contributed by atoms with Crippen LogP contribution in [0.4, 0.5) is 35.0 Å². The number of anilines is 2. The molecule has 0 radical (unpaired) electrons. The summed E-state index contributed by atoms with van der Waals surface area (Å²) in [4.78, 5) is 53.2. The van der Waals surface area contributed by atoms with E-state index < -0.39 is 51.5 Å². The van der Waals surface area contributed by atoms with Gasteiger partial charge in [-0.2, -0.15) is 13.2 Å². The molecule has 1 saturated heterocycles. The van der Waals surface area contributed by atoms with Crippen LogP contribution in [-0.2, 0) is 15.8 Å². The Hall–Kier alpha value is -5.69. The highest BCUT2D eigenvalue weighted by atomic mass is 35.5. The molecular weight excluding hydrogens is 631 g/mol. The van der Waals surface area contributed by atoms with E-state index in [1.807, 2.05) is 0 Å². The number of urea groups is 1. The summed E-state index contributed by atoms with van der Waals surface area (Å²) < 4.78 is 50.8. The van der Waals surface area contributed by atoms with Crippen molar-refractivity contribution in [3.05, 3.63) is 123 Å². The predicted octanol–water partition coefficient (Wildman–Crippen LogP) is 8.04. The summed E-state index contributed by atoms with van der Waals surface area (Å²) in [6.45, 7) is 1.65. The number of benzene rings is 4. The van der Waals surface area contributed by atoms with Crippen molar-refractivity contribution in [2.45, 2.75) is 13.1 Å². The number of amides is 4. The van der Waals surface area contributed by atoms with Crippen molar-refractivity contribution in [3.63, 3.8) is 0 Å². The predicted molar refractivity (Wildman–Crippen MR) is 162 cm³/mol. The third kappa shape index (κ3) is 6.26. The van der Waals surface area contributed by atoms with E-state index in [2.05, 4.69) is 0 Å². The van der Waals surface area contributed by atoms with E-state index in [9.17, 15) is 37.7 Å². The van der Waals surface area contributed by atoms with Gasteiger partial charge < -0.3 is 9.47 Å². The highest BCUT2D eigenvalue weighted by Gasteiger charge is 2.43. The van der Waals surface area contributed by atoms with Crippen LogP contribution in [0.1, 0.15) is 18.1 Å². The Morgan fingerprint density at radius 3 is 1.91 bits per heavy atom. The van der Waals surface area contributed by atoms with E-state index in [0.717, 1.165) is 15.9 Å². The SMILES string of the molecule is CCOc1cc(C=C2C(=O)N(c3ccccc3)C(=O)N(c3ccccc3)C2=O)cc(Cl)c1Oc1ccc(C(F)(F)F)cc1[N+](=O)[O-]. The number of hydrogen-bond acceptors (Lipinski definition) is 7. The number of barbiturate groups is 1. The van der Waals surface area contributed by atoms with Crippen LogP contribution in [0.15, 0.2) is 96.6 Å². The molecule has 1 fully saturated rings. The number of nitrogens with zero attached hydrogens (tertiary/aromatic N) is 3. The number of para-hydroxylation sites is 2. The van der Waals surface area contributed by atoms with Crippen molar-refractivity contribution >= 4 is 52.6 Å². The molecule has 5 rings (SSSR count). The van der Waals surface area contributed by atoms with Crippen molar-refractivity contribution in [3.8, 4) is 17.2 Å². The average molecular weight is 652 g/mol. The highest BCUT2D eigenvalue weighted by molar-refractivity contribution is 6.46. The van der Waals surface area contributed by atoms with Crippen molar-refractivity contribution in [2.75, 3.05) is 16.4 Å². The standard InChI is InChI=1S/C32H21ClF3N3O7/c1-2-45-27-17-19(16-24(33)28(27)46-26-14-13-20(32(34,35)36)18-25(26)39(43)44)15-23-29(40)37(21-9-5-3-6-10-21)31(42)38(30(23)41)22-11-7-4-8-12-22/h3-18H,2H2,1H3. The molecule has 0 N–H and O–H groups in total. The molecule has 0 aromatic heterocycles. The fourth-order valence-corrected chi connectivity index (χ4v) is 4.83. The van der Waals surface area contributed by atoms with Crippen LogP contribution in [0, 0.1) is 10.1 Å². The Morgan fingerprint density at radius 1 is 0.848 bits per heavy atom. The van der Waals surface area contributed by atoms with Crippen molar-refractivity contribution in [2.24, 2.45) is 0 Å². The topological polar surface area (TPSA) is 119 Å². The highest BCUT2D eigenvalue weighted by Crippen LogP contribution is 2.44. The Balaban J connectivity index is 1.60. The molecule has 4 aromatic rings. The summed E-state index contributed by atoms with van der Waals surface area (Å²) >= 11 is 6.49. The summed E-state index contributed by atoms with van der Waals surface area (Å²) in [5.74, 6) is -2.73. The molecule has 0 atom stereocenters. The van der Waals surface area contributed by atoms with Gasteiger partial charge >= 0.3 is 17.9 Å². The van der Waals surface area contributed by atoms with Crippen molar-refractivity contribution < 1.29 is 42.0 Å². The molecule has 4 amide bonds. The third-order valence-electron chi connectivity index (χ3n) is 6.62. The number of rotatable bonds is 8. The lowest BCUT2D eigenvalue weighted by Gasteiger charge is -2.34. The zero-order valence-electron chi connectivity index (χ0n) is 23.7. The maximum atomic E-state index is 13.7. The number of carbonyl (C=O) groups is 3. The second-order valence-electron chi connectivity index (χ2n) is 9.60. The lowest BCUT2D eigenvalue weighted by Crippen LogP contribution is -2.57. The van der Waals surface area contributed by atoms with Crippen molar-refractivity contribution in [1.82, 2.24) is 0 Å². The molecule has 1 aliphatic heterocycles. The molecule has 10 nitrogen and oxygen atoms in total. The minimum Gasteiger partial charge on any atom is -0.490 e. The number of alkyl halides is 3. The van der Waals surface area contributed by atoms with Gasteiger partial charge in [-0.25, -0.2) is 14.6 Å². The Bertz CT molecular complexity index is 1820. The fourth-order valence-electron chi connectivity index (χ4n) is 4.57. The Morgan fingerprint density at radius 2 is 1.41 bits per heavy atom. The number of ether oxygens (including phenoxy) is 2. The minimum absolute atomic E-state index is 0.0394. The third-order valence-corrected chi connectivity index (χ3v) is 6.90. The zero-order chi connectivity index (χ0) is 33.2. The summed E-state index contributed by atoms with van der Waals surface area (Å²) in [6.07, 6.45) is -3.64. The van der Waals surface area contributed by atoms with Gasteiger partial charge in [-0.1, -0.05) is 48.0 Å². The number of hydrogen-bond donors (Lipinski definition) is 0. The van der Waals surface area contributed by atoms with Crippen LogP contribution in [-0.4, -0.2) is 29.4 Å². The fraction of sp³-hybridized carbons (Fsp3) is 0.0938. The second-order valence-corrected chi connectivity index (χ2v) is 10.0. The average Bonchev–Trinajstić information content (AvgIpc) is 3.01. The first kappa shape index (κ1) is 31.7. The van der Waals surface area contributed by atoms with E-state index in [-0.39, 0.29) is 40.1 Å². The monoisotopic (exact) mass is 651 g/mol. The summed E-state index contributed by atoms with van der Waals surface area (Å²) in [5, 5.41) is 11.4. The molecule has 1 aliphatic rings. The van der Waals surface area contributed by atoms with Crippen molar-refractivity contribution in [1.29, 1.82) is 0 Å². The summed E-state index contributed by atoms with van der Waals surface area (Å²) in [7, 11) is 0. The van der Waals surface area contributed by atoms with Crippen LogP contribution in [0.25, 0.3) is 6.08 Å². The van der Waals surface area contributed by atoms with Gasteiger partial charge in [-0.3, -0.25) is 19.7 Å². The molecule has 0 spiro atoms. The molecule has 1 heterocycles. The normalized spacial score (nSPS) is 13.6. The summed E-state index contributed by atoms with van der Waals surface area (Å²) in [5.41, 5.74) is -2.05. The molecule has 0 aliphatic carbocycles. The maximum absolute atomic E-state index is 13.7. The maximum Gasteiger partial charge on any atom is 0.416 e. The molecule has 0 bridgehead atoms. The first-order chi connectivity index (χ1) is 21.9. The van der Waals surface area contributed by atoms with Gasteiger partial charge in [-0.15, -0.1) is 0 Å². The number of nitro benzene ring substituents is 1. The number of carbonyl (C=O) groups excluding carboxylic acids is 3. The van der Waals surface area contributed by atoms with E-state index in [4.69, 9.17) is 21.1 Å². The van der Waals surface area contributed by atoms with E-state index in [1.54, 1.807) is 43.3 Å². The van der Waals surface area contributed by atoms with Gasteiger partial charge in [0.05, 0.1) is 33.5 Å². The molecule has 4 aromatic carbocycles. The largest absolute Gasteiger partial charge is 0.490 e. The minimum atomic E-state index is -4.84. The molecule has 234 valence electrons. The van der Waals surface area contributed by atoms with Crippen LogP contribution in [0.3, 0.4) is 0 Å². The quantitative estimate of drug-likeness (QED) is 0.0818. The van der Waals surface area contributed by atoms with Crippen LogP contribution < -0.4 is 19.3 Å². The molecule has 46 heavy (non-hydrogen) atoms. The molecular formula is C32H21ClF3N3O7. The first-order valence-corrected chi connectivity index (χ1v) is 13.8. The van der Waals surface area contributed by atoms with Gasteiger partial charge in [0.1, 0.15) is 5.57 Å². The van der Waals surface area contributed by atoms with Gasteiger partial charge in [0.2, 0.25) is 5.75 Å². The molecule has 14 heteroatoms. The van der Waals surface area contributed by atoms with Gasteiger partial charge in [-0.05, 0) is 67.1 Å². The Labute approximate surface area is 264 Å². The number of halogens is 4. The molecule has 0 saturated carbocycles. The van der Waals surface area contributed by atoms with Crippen LogP contribution in [0.5, 0.6) is 17.2 Å². The van der Waals surface area contributed by atoms with Gasteiger partial charge in [0.25, 0.3) is 11.8 Å². The van der Waals surface area contributed by atoms with Gasteiger partial charge in [0, 0.05) is 6.07 Å². The smallest absolute Gasteiger partial charge is 0.416 e. The van der Waals surface area contributed by atoms with Gasteiger partial charge in [0.15, 0.2) is 11.5 Å². The van der Waals surface area contributed by atoms with E-state index in [0.29, 0.717) is 12.1 Å².